The number of benzene rings is 1. The third-order valence-electron chi connectivity index (χ3n) is 2.68. The zero-order chi connectivity index (χ0) is 15.2. The minimum atomic E-state index is -0.754. The van der Waals surface area contributed by atoms with Crippen LogP contribution < -0.4 is 15.4 Å². The summed E-state index contributed by atoms with van der Waals surface area (Å²) >= 11 is 0. The second-order valence-electron chi connectivity index (χ2n) is 4.27. The summed E-state index contributed by atoms with van der Waals surface area (Å²) in [5, 5.41) is 5.57. The molecule has 4 nitrogen and oxygen atoms in total. The molecule has 0 aliphatic heterocycles. The van der Waals surface area contributed by atoms with E-state index in [9.17, 15) is 8.78 Å². The molecule has 0 aliphatic carbocycles. The molecule has 0 bridgehead atoms. The summed E-state index contributed by atoms with van der Waals surface area (Å²) in [6.07, 6.45) is 0. The first kappa shape index (κ1) is 15.0. The summed E-state index contributed by atoms with van der Waals surface area (Å²) < 4.78 is 32.7. The lowest BCUT2D eigenvalue weighted by molar-refractivity contribution is 0.340. The summed E-state index contributed by atoms with van der Waals surface area (Å²) in [5.74, 6) is -0.834. The number of halogens is 2. The number of hydrogen-bond acceptors (Lipinski definition) is 4. The molecule has 1 aromatic carbocycles. The molecular weight excluding hydrogens is 276 g/mol. The van der Waals surface area contributed by atoms with Crippen molar-refractivity contribution in [3.05, 3.63) is 42.0 Å². The number of pyridine rings is 1. The third-order valence-corrected chi connectivity index (χ3v) is 2.68. The van der Waals surface area contributed by atoms with Crippen LogP contribution in [-0.4, -0.2) is 18.1 Å². The molecule has 112 valence electrons. The van der Waals surface area contributed by atoms with Crippen molar-refractivity contribution in [1.82, 2.24) is 4.98 Å². The average molecular weight is 293 g/mol. The molecule has 0 fully saturated rings. The summed E-state index contributed by atoms with van der Waals surface area (Å²) in [5.41, 5.74) is 0.612. The maximum Gasteiger partial charge on any atom is 0.169 e. The van der Waals surface area contributed by atoms with Gasteiger partial charge >= 0.3 is 0 Å². The number of nitrogens with zero attached hydrogens (tertiary/aromatic N) is 1. The number of hydrogen-bond donors (Lipinski definition) is 2. The Labute approximate surface area is 122 Å². The van der Waals surface area contributed by atoms with Gasteiger partial charge in [0.25, 0.3) is 0 Å². The molecule has 0 aliphatic rings. The molecule has 1 aromatic heterocycles. The molecular formula is C15H17F2N3O. The van der Waals surface area contributed by atoms with Crippen molar-refractivity contribution in [3.63, 3.8) is 0 Å². The second kappa shape index (κ2) is 6.88. The van der Waals surface area contributed by atoms with E-state index in [1.807, 2.05) is 13.8 Å². The van der Waals surface area contributed by atoms with Crippen LogP contribution in [0.15, 0.2) is 30.3 Å². The summed E-state index contributed by atoms with van der Waals surface area (Å²) in [7, 11) is 0. The Morgan fingerprint density at radius 3 is 2.57 bits per heavy atom. The Morgan fingerprint density at radius 1 is 1.10 bits per heavy atom. The van der Waals surface area contributed by atoms with Gasteiger partial charge in [0.2, 0.25) is 0 Å². The number of aromatic nitrogens is 1. The third kappa shape index (κ3) is 3.81. The van der Waals surface area contributed by atoms with E-state index in [-0.39, 0.29) is 11.6 Å². The smallest absolute Gasteiger partial charge is 0.169 e. The van der Waals surface area contributed by atoms with Crippen molar-refractivity contribution in [2.24, 2.45) is 0 Å². The normalized spacial score (nSPS) is 10.3. The van der Waals surface area contributed by atoms with Gasteiger partial charge in [0.15, 0.2) is 23.3 Å². The topological polar surface area (TPSA) is 46.2 Å². The fourth-order valence-electron chi connectivity index (χ4n) is 1.81. The quantitative estimate of drug-likeness (QED) is 0.847. The molecule has 0 amide bonds. The van der Waals surface area contributed by atoms with E-state index < -0.39 is 11.6 Å². The Balaban J connectivity index is 2.26. The highest BCUT2D eigenvalue weighted by Gasteiger charge is 2.11. The van der Waals surface area contributed by atoms with E-state index in [1.165, 1.54) is 0 Å². The van der Waals surface area contributed by atoms with Gasteiger partial charge in [-0.3, -0.25) is 0 Å². The van der Waals surface area contributed by atoms with Crippen molar-refractivity contribution in [3.8, 4) is 5.75 Å². The molecule has 0 unspecified atom stereocenters. The van der Waals surface area contributed by atoms with Crippen molar-refractivity contribution in [1.29, 1.82) is 0 Å². The molecule has 0 radical (unpaired) electrons. The van der Waals surface area contributed by atoms with Gasteiger partial charge < -0.3 is 15.4 Å². The monoisotopic (exact) mass is 293 g/mol. The lowest BCUT2D eigenvalue weighted by Gasteiger charge is -2.11. The van der Waals surface area contributed by atoms with Crippen LogP contribution in [-0.2, 0) is 0 Å². The zero-order valence-electron chi connectivity index (χ0n) is 11.9. The SMILES string of the molecule is CCNc1nc(Nc2cccc(OCC)c2)c(F)cc1F. The van der Waals surface area contributed by atoms with Crippen LogP contribution in [0.5, 0.6) is 5.75 Å². The van der Waals surface area contributed by atoms with Gasteiger partial charge in [-0.2, -0.15) is 0 Å². The van der Waals surface area contributed by atoms with Crippen molar-refractivity contribution in [2.75, 3.05) is 23.8 Å². The van der Waals surface area contributed by atoms with E-state index in [0.29, 0.717) is 24.6 Å². The molecule has 21 heavy (non-hydrogen) atoms. The van der Waals surface area contributed by atoms with Gasteiger partial charge in [0.1, 0.15) is 5.75 Å². The molecule has 0 saturated heterocycles. The van der Waals surface area contributed by atoms with E-state index in [2.05, 4.69) is 15.6 Å². The van der Waals surface area contributed by atoms with E-state index in [4.69, 9.17) is 4.74 Å². The van der Waals surface area contributed by atoms with Gasteiger partial charge in [0, 0.05) is 24.4 Å². The molecule has 0 saturated carbocycles. The summed E-state index contributed by atoms with van der Waals surface area (Å²) in [6.45, 7) is 4.72. The van der Waals surface area contributed by atoms with E-state index in [0.717, 1.165) is 6.07 Å². The molecule has 1 heterocycles. The molecule has 0 atom stereocenters. The molecule has 6 heteroatoms. The summed E-state index contributed by atoms with van der Waals surface area (Å²) in [6, 6.07) is 7.85. The lowest BCUT2D eigenvalue weighted by atomic mass is 10.3. The highest BCUT2D eigenvalue weighted by Crippen LogP contribution is 2.24. The highest BCUT2D eigenvalue weighted by molar-refractivity contribution is 5.60. The second-order valence-corrected chi connectivity index (χ2v) is 4.27. The Hall–Kier alpha value is -2.37. The first-order valence-electron chi connectivity index (χ1n) is 6.73. The van der Waals surface area contributed by atoms with Crippen LogP contribution in [0.2, 0.25) is 0 Å². The van der Waals surface area contributed by atoms with Crippen LogP contribution >= 0.6 is 0 Å². The van der Waals surface area contributed by atoms with Gasteiger partial charge in [-0.05, 0) is 26.0 Å². The predicted octanol–water partition coefficient (Wildman–Crippen LogP) is 3.93. The van der Waals surface area contributed by atoms with Crippen LogP contribution in [0.1, 0.15) is 13.8 Å². The summed E-state index contributed by atoms with van der Waals surface area (Å²) in [4.78, 5) is 3.92. The van der Waals surface area contributed by atoms with Gasteiger partial charge in [-0.25, -0.2) is 13.8 Å². The van der Waals surface area contributed by atoms with Gasteiger partial charge in [-0.1, -0.05) is 6.07 Å². The fourth-order valence-corrected chi connectivity index (χ4v) is 1.81. The van der Waals surface area contributed by atoms with Crippen molar-refractivity contribution >= 4 is 17.3 Å². The number of anilines is 3. The van der Waals surface area contributed by atoms with Gasteiger partial charge in [0.05, 0.1) is 6.61 Å². The van der Waals surface area contributed by atoms with Crippen molar-refractivity contribution < 1.29 is 13.5 Å². The zero-order valence-corrected chi connectivity index (χ0v) is 11.9. The van der Waals surface area contributed by atoms with Crippen LogP contribution in [0.3, 0.4) is 0 Å². The first-order valence-corrected chi connectivity index (χ1v) is 6.73. The Kier molecular flexibility index (Phi) is 4.92. The fraction of sp³-hybridized carbons (Fsp3) is 0.267. The van der Waals surface area contributed by atoms with Crippen LogP contribution in [0.25, 0.3) is 0 Å². The number of nitrogens with one attached hydrogen (secondary N) is 2. The minimum absolute atomic E-state index is 0.0161. The van der Waals surface area contributed by atoms with E-state index in [1.54, 1.807) is 24.3 Å². The lowest BCUT2D eigenvalue weighted by Crippen LogP contribution is -2.06. The van der Waals surface area contributed by atoms with Gasteiger partial charge in [-0.15, -0.1) is 0 Å². The average Bonchev–Trinajstić information content (AvgIpc) is 2.45. The maximum absolute atomic E-state index is 13.8. The van der Waals surface area contributed by atoms with Crippen LogP contribution in [0, 0.1) is 11.6 Å². The molecule has 0 spiro atoms. The van der Waals surface area contributed by atoms with Crippen molar-refractivity contribution in [2.45, 2.75) is 13.8 Å². The highest BCUT2D eigenvalue weighted by atomic mass is 19.1. The van der Waals surface area contributed by atoms with E-state index >= 15 is 0 Å². The number of rotatable bonds is 6. The Morgan fingerprint density at radius 2 is 1.86 bits per heavy atom. The molecule has 2 rings (SSSR count). The maximum atomic E-state index is 13.8. The van der Waals surface area contributed by atoms with Crippen LogP contribution in [0.4, 0.5) is 26.1 Å². The Bertz CT molecular complexity index is 620. The molecule has 2 N–H and O–H groups in total. The minimum Gasteiger partial charge on any atom is -0.494 e. The number of ether oxygens (including phenoxy) is 1. The molecule has 2 aromatic rings. The first-order chi connectivity index (χ1) is 10.1. The standard InChI is InChI=1S/C15H17F2N3O/c1-3-18-14-12(16)9-13(17)15(20-14)19-10-6-5-7-11(8-10)21-4-2/h5-9H,3-4H2,1-2H3,(H2,18,19,20). The predicted molar refractivity (Wildman–Crippen MR) is 79.2 cm³/mol. The largest absolute Gasteiger partial charge is 0.494 e.